The maximum absolute atomic E-state index is 14.7. The smallest absolute Gasteiger partial charge is 0.340 e. The molecule has 23 heavy (non-hydrogen) atoms. The first-order valence-corrected chi connectivity index (χ1v) is 7.73. The number of halogens is 1. The number of esters is 1. The predicted octanol–water partition coefficient (Wildman–Crippen LogP) is 1.78. The van der Waals surface area contributed by atoms with E-state index in [0.29, 0.717) is 17.6 Å². The van der Waals surface area contributed by atoms with Gasteiger partial charge in [-0.3, -0.25) is 9.91 Å². The summed E-state index contributed by atoms with van der Waals surface area (Å²) in [4.78, 5) is 15.6. The molecule has 0 amide bonds. The minimum atomic E-state index is -1.19. The molecule has 0 radical (unpaired) electrons. The Labute approximate surface area is 134 Å². The number of nitrogens with zero attached hydrogens (tertiary/aromatic N) is 4. The van der Waals surface area contributed by atoms with E-state index in [1.54, 1.807) is 23.3 Å². The topological polar surface area (TPSA) is 50.6 Å². The van der Waals surface area contributed by atoms with Crippen LogP contribution in [-0.2, 0) is 4.74 Å². The Morgan fingerprint density at radius 1 is 1.43 bits per heavy atom. The predicted molar refractivity (Wildman–Crippen MR) is 85.8 cm³/mol. The highest BCUT2D eigenvalue weighted by atomic mass is 19.1. The SMILES string of the molecule is CCC1CN(C)CC(F)N1n1ncc2cccc(C(=O)OC)c21. The second-order valence-electron chi connectivity index (χ2n) is 5.87. The van der Waals surface area contributed by atoms with E-state index in [9.17, 15) is 9.18 Å². The van der Waals surface area contributed by atoms with Crippen LogP contribution in [0.15, 0.2) is 24.4 Å². The van der Waals surface area contributed by atoms with Gasteiger partial charge in [0.2, 0.25) is 0 Å². The summed E-state index contributed by atoms with van der Waals surface area (Å²) in [6.45, 7) is 3.08. The number of para-hydroxylation sites is 1. The Kier molecular flexibility index (Phi) is 4.21. The van der Waals surface area contributed by atoms with Gasteiger partial charge in [0, 0.05) is 18.5 Å². The van der Waals surface area contributed by atoms with Crippen molar-refractivity contribution in [3.05, 3.63) is 30.0 Å². The van der Waals surface area contributed by atoms with Crippen LogP contribution < -0.4 is 5.01 Å². The van der Waals surface area contributed by atoms with Crippen LogP contribution >= 0.6 is 0 Å². The fourth-order valence-electron chi connectivity index (χ4n) is 3.19. The summed E-state index contributed by atoms with van der Waals surface area (Å²) in [7, 11) is 3.25. The third-order valence-corrected chi connectivity index (χ3v) is 4.31. The number of carbonyl (C=O) groups is 1. The number of methoxy groups -OCH3 is 1. The highest BCUT2D eigenvalue weighted by molar-refractivity contribution is 6.02. The highest BCUT2D eigenvalue weighted by Gasteiger charge is 2.34. The molecule has 2 heterocycles. The molecule has 2 atom stereocenters. The van der Waals surface area contributed by atoms with Crippen LogP contribution in [-0.4, -0.2) is 60.3 Å². The number of ether oxygens (including phenoxy) is 1. The summed E-state index contributed by atoms with van der Waals surface area (Å²) in [6.07, 6.45) is 1.25. The minimum absolute atomic E-state index is 0.0162. The standard InChI is InChI=1S/C16H21FN4O2/c1-4-12-9-19(2)10-14(17)20(12)21-15-11(8-18-21)6-5-7-13(15)16(22)23-3/h5-8,12,14H,4,9-10H2,1-3H3. The number of hydrogen-bond donors (Lipinski definition) is 0. The molecule has 1 aliphatic heterocycles. The van der Waals surface area contributed by atoms with Gasteiger partial charge in [-0.2, -0.15) is 9.89 Å². The van der Waals surface area contributed by atoms with Crippen LogP contribution in [0, 0.1) is 0 Å². The Morgan fingerprint density at radius 3 is 2.91 bits per heavy atom. The average Bonchev–Trinajstić information content (AvgIpc) is 2.97. The van der Waals surface area contributed by atoms with Crippen molar-refractivity contribution in [1.82, 2.24) is 14.8 Å². The molecule has 1 saturated heterocycles. The third kappa shape index (κ3) is 2.65. The van der Waals surface area contributed by atoms with Crippen molar-refractivity contribution in [3.63, 3.8) is 0 Å². The van der Waals surface area contributed by atoms with Gasteiger partial charge in [0.05, 0.1) is 24.9 Å². The number of aromatic nitrogens is 2. The highest BCUT2D eigenvalue weighted by Crippen LogP contribution is 2.24. The van der Waals surface area contributed by atoms with Crippen LogP contribution in [0.3, 0.4) is 0 Å². The Hall–Kier alpha value is -2.15. The maximum Gasteiger partial charge on any atom is 0.340 e. The molecule has 6 nitrogen and oxygen atoms in total. The normalized spacial score (nSPS) is 22.5. The molecule has 0 bridgehead atoms. The molecule has 1 aromatic carbocycles. The molecule has 7 heteroatoms. The first kappa shape index (κ1) is 15.7. The summed E-state index contributed by atoms with van der Waals surface area (Å²) in [5.41, 5.74) is 0.980. The lowest BCUT2D eigenvalue weighted by Crippen LogP contribution is -2.61. The van der Waals surface area contributed by atoms with Crippen molar-refractivity contribution in [2.24, 2.45) is 0 Å². The molecule has 1 aliphatic rings. The Balaban J connectivity index is 2.13. The molecule has 1 aromatic heterocycles. The van der Waals surface area contributed by atoms with Gasteiger partial charge < -0.3 is 4.74 Å². The number of likely N-dealkylation sites (N-methyl/N-ethyl adjacent to an activating group) is 1. The lowest BCUT2D eigenvalue weighted by molar-refractivity contribution is 0.0601. The lowest BCUT2D eigenvalue weighted by Gasteiger charge is -2.43. The molecule has 0 aliphatic carbocycles. The van der Waals surface area contributed by atoms with Gasteiger partial charge in [-0.05, 0) is 19.5 Å². The van der Waals surface area contributed by atoms with Gasteiger partial charge in [-0.1, -0.05) is 19.1 Å². The van der Waals surface area contributed by atoms with Crippen molar-refractivity contribution in [3.8, 4) is 0 Å². The van der Waals surface area contributed by atoms with Crippen molar-refractivity contribution in [2.45, 2.75) is 25.7 Å². The van der Waals surface area contributed by atoms with Gasteiger partial charge in [-0.25, -0.2) is 9.18 Å². The van der Waals surface area contributed by atoms with Crippen LogP contribution in [0.5, 0.6) is 0 Å². The summed E-state index contributed by atoms with van der Waals surface area (Å²) >= 11 is 0. The second kappa shape index (κ2) is 6.16. The third-order valence-electron chi connectivity index (χ3n) is 4.31. The van der Waals surface area contributed by atoms with E-state index in [1.807, 2.05) is 24.9 Å². The monoisotopic (exact) mass is 320 g/mol. The molecule has 3 rings (SSSR count). The first-order valence-electron chi connectivity index (χ1n) is 7.73. The van der Waals surface area contributed by atoms with Gasteiger partial charge in [-0.15, -0.1) is 0 Å². The van der Waals surface area contributed by atoms with Crippen molar-refractivity contribution in [2.75, 3.05) is 32.3 Å². The maximum atomic E-state index is 14.7. The quantitative estimate of drug-likeness (QED) is 0.637. The van der Waals surface area contributed by atoms with E-state index in [1.165, 1.54) is 11.9 Å². The zero-order valence-corrected chi connectivity index (χ0v) is 13.6. The minimum Gasteiger partial charge on any atom is -0.465 e. The van der Waals surface area contributed by atoms with Gasteiger partial charge in [0.15, 0.2) is 6.30 Å². The van der Waals surface area contributed by atoms with Crippen molar-refractivity contribution >= 4 is 16.9 Å². The van der Waals surface area contributed by atoms with E-state index < -0.39 is 12.3 Å². The number of carbonyl (C=O) groups excluding carboxylic acids is 1. The van der Waals surface area contributed by atoms with Crippen molar-refractivity contribution < 1.29 is 13.9 Å². The summed E-state index contributed by atoms with van der Waals surface area (Å²) in [5.74, 6) is -0.449. The zero-order valence-electron chi connectivity index (χ0n) is 13.6. The van der Waals surface area contributed by atoms with E-state index in [2.05, 4.69) is 5.10 Å². The number of fused-ring (bicyclic) bond motifs is 1. The van der Waals surface area contributed by atoms with Crippen LogP contribution in [0.1, 0.15) is 23.7 Å². The van der Waals surface area contributed by atoms with E-state index in [-0.39, 0.29) is 6.04 Å². The number of piperazine rings is 1. The van der Waals surface area contributed by atoms with E-state index >= 15 is 0 Å². The Bertz CT molecular complexity index is 717. The molecule has 0 saturated carbocycles. The molecular formula is C16H21FN4O2. The largest absolute Gasteiger partial charge is 0.465 e. The van der Waals surface area contributed by atoms with Gasteiger partial charge in [0.1, 0.15) is 5.52 Å². The fourth-order valence-corrected chi connectivity index (χ4v) is 3.19. The van der Waals surface area contributed by atoms with Crippen molar-refractivity contribution in [1.29, 1.82) is 0 Å². The van der Waals surface area contributed by atoms with Gasteiger partial charge in [0.25, 0.3) is 0 Å². The molecule has 1 fully saturated rings. The lowest BCUT2D eigenvalue weighted by atomic mass is 10.1. The molecule has 2 aromatic rings. The summed E-state index contributed by atoms with van der Waals surface area (Å²) in [6, 6.07) is 5.29. The second-order valence-corrected chi connectivity index (χ2v) is 5.87. The molecule has 0 N–H and O–H groups in total. The van der Waals surface area contributed by atoms with E-state index in [0.717, 1.165) is 18.4 Å². The molecule has 2 unspecified atom stereocenters. The first-order chi connectivity index (χ1) is 11.1. The summed E-state index contributed by atoms with van der Waals surface area (Å²) < 4.78 is 19.6. The molecule has 124 valence electrons. The fraction of sp³-hybridized carbons (Fsp3) is 0.500. The number of hydrogen-bond acceptors (Lipinski definition) is 5. The molecule has 0 spiro atoms. The van der Waals surface area contributed by atoms with Crippen LogP contribution in [0.25, 0.3) is 10.9 Å². The molecular weight excluding hydrogens is 299 g/mol. The van der Waals surface area contributed by atoms with Crippen LogP contribution in [0.4, 0.5) is 4.39 Å². The average molecular weight is 320 g/mol. The number of rotatable bonds is 3. The van der Waals surface area contributed by atoms with Crippen LogP contribution in [0.2, 0.25) is 0 Å². The summed E-state index contributed by atoms with van der Waals surface area (Å²) in [5, 5.41) is 6.77. The van der Waals surface area contributed by atoms with E-state index in [4.69, 9.17) is 4.74 Å². The zero-order chi connectivity index (χ0) is 16.6. The van der Waals surface area contributed by atoms with Gasteiger partial charge >= 0.3 is 5.97 Å². The number of alkyl halides is 1. The number of benzene rings is 1. The Morgan fingerprint density at radius 2 is 2.22 bits per heavy atom.